The van der Waals surface area contributed by atoms with Gasteiger partial charge in [-0.05, 0) is 12.1 Å². The van der Waals surface area contributed by atoms with E-state index in [1.807, 2.05) is 36.4 Å². The normalized spacial score (nSPS) is 11.3. The van der Waals surface area contributed by atoms with Crippen molar-refractivity contribution in [3.05, 3.63) is 58.9 Å². The summed E-state index contributed by atoms with van der Waals surface area (Å²) < 4.78 is 6.42. The topological polar surface area (TPSA) is 64.1 Å². The smallest absolute Gasteiger partial charge is 0.418 e. The van der Waals surface area contributed by atoms with E-state index in [9.17, 15) is 9.59 Å². The van der Waals surface area contributed by atoms with Gasteiger partial charge in [-0.1, -0.05) is 36.4 Å². The van der Waals surface area contributed by atoms with Crippen LogP contribution in [0.1, 0.15) is 0 Å². The first-order chi connectivity index (χ1) is 10.7. The van der Waals surface area contributed by atoms with Gasteiger partial charge in [-0.3, -0.25) is 4.79 Å². The molecule has 0 unspecified atom stereocenters. The number of benzene rings is 2. The van der Waals surface area contributed by atoms with Gasteiger partial charge < -0.3 is 9.72 Å². The second kappa shape index (κ2) is 4.46. The van der Waals surface area contributed by atoms with Gasteiger partial charge in [0.05, 0.1) is 23.7 Å². The maximum Gasteiger partial charge on any atom is 0.418 e. The third-order valence-electron chi connectivity index (χ3n) is 3.90. The number of hydrogen-bond donors (Lipinski definition) is 1. The van der Waals surface area contributed by atoms with Gasteiger partial charge >= 0.3 is 6.09 Å². The molecular formula is C17H12N2O3. The minimum absolute atomic E-state index is 0.170. The lowest BCUT2D eigenvalue weighted by Gasteiger charge is -2.06. The van der Waals surface area contributed by atoms with Gasteiger partial charge in [0.2, 0.25) is 0 Å². The molecule has 5 heteroatoms. The molecule has 0 fully saturated rings. The highest BCUT2D eigenvalue weighted by Crippen LogP contribution is 2.31. The second-order valence-electron chi connectivity index (χ2n) is 5.05. The lowest BCUT2D eigenvalue weighted by Crippen LogP contribution is -2.12. The Morgan fingerprint density at radius 2 is 1.64 bits per heavy atom. The van der Waals surface area contributed by atoms with Gasteiger partial charge in [-0.25, -0.2) is 9.36 Å². The Morgan fingerprint density at radius 3 is 2.36 bits per heavy atom. The molecule has 2 aromatic carbocycles. The summed E-state index contributed by atoms with van der Waals surface area (Å²) in [5.74, 6) is 0. The Morgan fingerprint density at radius 1 is 1.00 bits per heavy atom. The number of fused-ring (bicyclic) bond motifs is 5. The summed E-state index contributed by atoms with van der Waals surface area (Å²) in [6, 6.07) is 14.7. The number of aromatic amines is 1. The molecule has 0 atom stereocenters. The van der Waals surface area contributed by atoms with Crippen LogP contribution in [0.25, 0.3) is 32.7 Å². The summed E-state index contributed by atoms with van der Waals surface area (Å²) in [6.45, 7) is 0. The number of methoxy groups -OCH3 is 1. The number of para-hydroxylation sites is 1. The van der Waals surface area contributed by atoms with E-state index in [-0.39, 0.29) is 5.56 Å². The van der Waals surface area contributed by atoms with Crippen molar-refractivity contribution in [2.24, 2.45) is 0 Å². The quantitative estimate of drug-likeness (QED) is 0.541. The Hall–Kier alpha value is -3.08. The molecule has 0 aliphatic heterocycles. The van der Waals surface area contributed by atoms with E-state index in [4.69, 9.17) is 4.74 Å². The fourth-order valence-corrected chi connectivity index (χ4v) is 2.97. The van der Waals surface area contributed by atoms with Crippen molar-refractivity contribution in [1.29, 1.82) is 0 Å². The van der Waals surface area contributed by atoms with E-state index in [2.05, 4.69) is 4.98 Å². The molecule has 4 aromatic rings. The fourth-order valence-electron chi connectivity index (χ4n) is 2.97. The molecule has 0 aliphatic carbocycles. The van der Waals surface area contributed by atoms with E-state index in [1.165, 1.54) is 11.7 Å². The molecule has 4 rings (SSSR count). The number of nitrogens with one attached hydrogen (secondary N) is 1. The largest absolute Gasteiger partial charge is 0.452 e. The third kappa shape index (κ3) is 1.53. The molecule has 0 amide bonds. The van der Waals surface area contributed by atoms with E-state index < -0.39 is 6.09 Å². The number of carbonyl (C=O) groups excluding carboxylic acids is 1. The first kappa shape index (κ1) is 12.6. The van der Waals surface area contributed by atoms with Crippen molar-refractivity contribution in [1.82, 2.24) is 9.55 Å². The molecule has 0 spiro atoms. The van der Waals surface area contributed by atoms with E-state index in [1.54, 1.807) is 12.1 Å². The van der Waals surface area contributed by atoms with E-state index in [0.29, 0.717) is 21.9 Å². The molecule has 22 heavy (non-hydrogen) atoms. The van der Waals surface area contributed by atoms with Crippen LogP contribution in [-0.4, -0.2) is 22.8 Å². The number of carbonyl (C=O) groups is 1. The summed E-state index contributed by atoms with van der Waals surface area (Å²) in [7, 11) is 1.34. The molecule has 2 heterocycles. The number of H-pyrrole nitrogens is 1. The first-order valence-electron chi connectivity index (χ1n) is 6.85. The average molecular weight is 292 g/mol. The summed E-state index contributed by atoms with van der Waals surface area (Å²) in [4.78, 5) is 27.5. The maximum atomic E-state index is 12.3. The van der Waals surface area contributed by atoms with Gasteiger partial charge in [0, 0.05) is 16.2 Å². The van der Waals surface area contributed by atoms with Gasteiger partial charge in [-0.2, -0.15) is 0 Å². The van der Waals surface area contributed by atoms with Crippen molar-refractivity contribution < 1.29 is 9.53 Å². The molecule has 0 saturated carbocycles. The van der Waals surface area contributed by atoms with Crippen molar-refractivity contribution in [2.75, 3.05) is 7.11 Å². The molecule has 108 valence electrons. The third-order valence-corrected chi connectivity index (χ3v) is 3.90. The highest BCUT2D eigenvalue weighted by Gasteiger charge is 2.19. The van der Waals surface area contributed by atoms with Crippen LogP contribution in [-0.2, 0) is 4.74 Å². The van der Waals surface area contributed by atoms with Crippen LogP contribution < -0.4 is 5.56 Å². The molecule has 0 saturated heterocycles. The zero-order chi connectivity index (χ0) is 15.3. The van der Waals surface area contributed by atoms with Gasteiger partial charge in [0.25, 0.3) is 5.56 Å². The number of aromatic nitrogens is 2. The Labute approximate surface area is 124 Å². The molecule has 1 N–H and O–H groups in total. The fraction of sp³-hybridized carbons (Fsp3) is 0.0588. The molecule has 0 aliphatic rings. The Kier molecular flexibility index (Phi) is 2.56. The summed E-state index contributed by atoms with van der Waals surface area (Å²) in [5.41, 5.74) is 1.83. The highest BCUT2D eigenvalue weighted by atomic mass is 16.5. The average Bonchev–Trinajstić information content (AvgIpc) is 2.89. The standard InChI is InChI=1S/C17H12N2O3/c1-22-17(21)19-13-9-5-4-8-12(13)14-15(19)10-6-2-3-7-11(10)16(20)18-14/h2-9H,1H3,(H,18,20). The van der Waals surface area contributed by atoms with Crippen LogP contribution >= 0.6 is 0 Å². The van der Waals surface area contributed by atoms with Crippen LogP contribution in [0.3, 0.4) is 0 Å². The number of ether oxygens (including phenoxy) is 1. The monoisotopic (exact) mass is 292 g/mol. The van der Waals surface area contributed by atoms with Gasteiger partial charge in [-0.15, -0.1) is 0 Å². The van der Waals surface area contributed by atoms with Crippen LogP contribution in [0.4, 0.5) is 4.79 Å². The van der Waals surface area contributed by atoms with Gasteiger partial charge in [0.15, 0.2) is 0 Å². The number of rotatable bonds is 0. The van der Waals surface area contributed by atoms with Crippen molar-refractivity contribution in [3.63, 3.8) is 0 Å². The van der Waals surface area contributed by atoms with Crippen molar-refractivity contribution in [3.8, 4) is 0 Å². The zero-order valence-corrected chi connectivity index (χ0v) is 11.8. The van der Waals surface area contributed by atoms with Crippen molar-refractivity contribution in [2.45, 2.75) is 0 Å². The second-order valence-corrected chi connectivity index (χ2v) is 5.05. The molecule has 0 radical (unpaired) electrons. The summed E-state index contributed by atoms with van der Waals surface area (Å²) >= 11 is 0. The van der Waals surface area contributed by atoms with Crippen LogP contribution in [0.5, 0.6) is 0 Å². The van der Waals surface area contributed by atoms with Gasteiger partial charge in [0.1, 0.15) is 0 Å². The number of nitrogens with zero attached hydrogens (tertiary/aromatic N) is 1. The molecule has 2 aromatic heterocycles. The Bertz CT molecular complexity index is 1110. The highest BCUT2D eigenvalue weighted by molar-refractivity contribution is 6.18. The van der Waals surface area contributed by atoms with E-state index in [0.717, 1.165) is 10.8 Å². The SMILES string of the molecule is COC(=O)n1c2ccccc2c2[nH]c(=O)c3ccccc3c21. The lowest BCUT2D eigenvalue weighted by atomic mass is 10.1. The van der Waals surface area contributed by atoms with E-state index >= 15 is 0 Å². The Balaban J connectivity index is 2.39. The maximum absolute atomic E-state index is 12.3. The summed E-state index contributed by atoms with van der Waals surface area (Å²) in [6.07, 6.45) is -0.483. The van der Waals surface area contributed by atoms with Crippen LogP contribution in [0.15, 0.2) is 53.3 Å². The predicted octanol–water partition coefficient (Wildman–Crippen LogP) is 3.25. The van der Waals surface area contributed by atoms with Crippen molar-refractivity contribution >= 4 is 38.8 Å². The first-order valence-corrected chi connectivity index (χ1v) is 6.85. The molecule has 0 bridgehead atoms. The molecule has 5 nitrogen and oxygen atoms in total. The predicted molar refractivity (Wildman–Crippen MR) is 85.4 cm³/mol. The zero-order valence-electron chi connectivity index (χ0n) is 11.8. The van der Waals surface area contributed by atoms with Crippen LogP contribution in [0, 0.1) is 0 Å². The lowest BCUT2D eigenvalue weighted by molar-refractivity contribution is 0.175. The molecular weight excluding hydrogens is 280 g/mol. The summed E-state index contributed by atoms with van der Waals surface area (Å²) in [5, 5.41) is 2.08. The van der Waals surface area contributed by atoms with Crippen LogP contribution in [0.2, 0.25) is 0 Å². The minimum Gasteiger partial charge on any atom is -0.452 e. The number of pyridine rings is 1. The number of hydrogen-bond acceptors (Lipinski definition) is 3. The minimum atomic E-state index is -0.483.